The van der Waals surface area contributed by atoms with E-state index in [4.69, 9.17) is 0 Å². The third-order valence-electron chi connectivity index (χ3n) is 3.49. The minimum absolute atomic E-state index is 0.242. The highest BCUT2D eigenvalue weighted by Crippen LogP contribution is 2.26. The van der Waals surface area contributed by atoms with Gasteiger partial charge in [-0.2, -0.15) is 0 Å². The van der Waals surface area contributed by atoms with Crippen molar-refractivity contribution in [1.82, 2.24) is 0 Å². The molecule has 0 aliphatic carbocycles. The highest BCUT2D eigenvalue weighted by molar-refractivity contribution is 9.10. The molecule has 102 valence electrons. The summed E-state index contributed by atoms with van der Waals surface area (Å²) in [6, 6.07) is 0. The number of halogens is 1. The molecule has 1 unspecified atom stereocenters. The maximum absolute atomic E-state index is 10.9. The zero-order chi connectivity index (χ0) is 13.0. The van der Waals surface area contributed by atoms with Gasteiger partial charge in [0.05, 0.1) is 4.32 Å². The molecule has 0 bridgehead atoms. The van der Waals surface area contributed by atoms with E-state index in [0.29, 0.717) is 0 Å². The molecule has 0 fully saturated rings. The predicted molar refractivity (Wildman–Crippen MR) is 79.9 cm³/mol. The first-order chi connectivity index (χ1) is 8.18. The molecule has 0 amide bonds. The topological polar surface area (TPSA) is 17.1 Å². The number of alkyl halides is 1. The molecule has 0 aromatic carbocycles. The largest absolute Gasteiger partial charge is 0.302 e. The van der Waals surface area contributed by atoms with Gasteiger partial charge in [0, 0.05) is 0 Å². The molecule has 0 aliphatic heterocycles. The van der Waals surface area contributed by atoms with Crippen molar-refractivity contribution in [2.45, 2.75) is 88.8 Å². The number of carbonyl (C=O) groups excluding carboxylic acids is 1. The quantitative estimate of drug-likeness (QED) is 0.259. The molecule has 0 saturated carbocycles. The highest BCUT2D eigenvalue weighted by atomic mass is 79.9. The molecule has 0 aromatic rings. The molecule has 2 heteroatoms. The maximum atomic E-state index is 10.9. The van der Waals surface area contributed by atoms with Crippen molar-refractivity contribution in [2.24, 2.45) is 0 Å². The first-order valence-electron chi connectivity index (χ1n) is 7.33. The van der Waals surface area contributed by atoms with E-state index in [1.165, 1.54) is 57.8 Å². The van der Waals surface area contributed by atoms with Crippen molar-refractivity contribution in [3.05, 3.63) is 0 Å². The van der Waals surface area contributed by atoms with Gasteiger partial charge in [-0.05, 0) is 12.8 Å². The fourth-order valence-electron chi connectivity index (χ4n) is 2.05. The van der Waals surface area contributed by atoms with Crippen LogP contribution in [-0.4, -0.2) is 10.6 Å². The van der Waals surface area contributed by atoms with Crippen LogP contribution in [0.3, 0.4) is 0 Å². The lowest BCUT2D eigenvalue weighted by molar-refractivity contribution is -0.109. The maximum Gasteiger partial charge on any atom is 0.136 e. The first-order valence-corrected chi connectivity index (χ1v) is 8.13. The van der Waals surface area contributed by atoms with Crippen molar-refractivity contribution in [2.75, 3.05) is 0 Å². The van der Waals surface area contributed by atoms with E-state index in [-0.39, 0.29) is 4.32 Å². The van der Waals surface area contributed by atoms with Gasteiger partial charge in [-0.3, -0.25) is 0 Å². The molecule has 17 heavy (non-hydrogen) atoms. The summed E-state index contributed by atoms with van der Waals surface area (Å²) in [7, 11) is 0. The Kier molecular flexibility index (Phi) is 11.4. The summed E-state index contributed by atoms with van der Waals surface area (Å²) < 4.78 is -0.242. The van der Waals surface area contributed by atoms with Crippen molar-refractivity contribution < 1.29 is 4.79 Å². The molecular formula is C15H29BrO. The van der Waals surface area contributed by atoms with Crippen LogP contribution >= 0.6 is 15.9 Å². The number of hydrogen-bond acceptors (Lipinski definition) is 1. The van der Waals surface area contributed by atoms with Crippen LogP contribution in [0.25, 0.3) is 0 Å². The van der Waals surface area contributed by atoms with Crippen molar-refractivity contribution in [1.29, 1.82) is 0 Å². The van der Waals surface area contributed by atoms with E-state index in [1.807, 2.05) is 0 Å². The monoisotopic (exact) mass is 304 g/mol. The van der Waals surface area contributed by atoms with Crippen molar-refractivity contribution >= 4 is 22.2 Å². The molecule has 0 aliphatic rings. The number of hydrogen-bond donors (Lipinski definition) is 0. The minimum atomic E-state index is -0.242. The fraction of sp³-hybridized carbons (Fsp3) is 0.933. The van der Waals surface area contributed by atoms with Crippen LogP contribution in [0.5, 0.6) is 0 Å². The Bertz CT molecular complexity index is 182. The van der Waals surface area contributed by atoms with Crippen LogP contribution in [0.1, 0.15) is 84.5 Å². The molecule has 0 heterocycles. The third-order valence-corrected chi connectivity index (χ3v) is 4.64. The number of unbranched alkanes of at least 4 members (excludes halogenated alkanes) is 8. The lowest BCUT2D eigenvalue weighted by Crippen LogP contribution is -2.20. The average Bonchev–Trinajstić information content (AvgIpc) is 2.36. The lowest BCUT2D eigenvalue weighted by Gasteiger charge is -2.18. The summed E-state index contributed by atoms with van der Waals surface area (Å²) in [6.07, 6.45) is 15.0. The summed E-state index contributed by atoms with van der Waals surface area (Å²) in [5, 5.41) is 0. The van der Waals surface area contributed by atoms with Crippen LogP contribution in [-0.2, 0) is 4.79 Å². The van der Waals surface area contributed by atoms with Gasteiger partial charge in [0.15, 0.2) is 0 Å². The zero-order valence-electron chi connectivity index (χ0n) is 11.6. The molecule has 1 atom stereocenters. The molecule has 0 spiro atoms. The van der Waals surface area contributed by atoms with Gasteiger partial charge < -0.3 is 4.79 Å². The Morgan fingerprint density at radius 3 is 1.76 bits per heavy atom. The molecule has 0 rings (SSSR count). The molecule has 0 radical (unpaired) electrons. The smallest absolute Gasteiger partial charge is 0.136 e. The van der Waals surface area contributed by atoms with E-state index < -0.39 is 0 Å². The van der Waals surface area contributed by atoms with Crippen molar-refractivity contribution in [3.8, 4) is 0 Å². The van der Waals surface area contributed by atoms with Crippen LogP contribution in [0.15, 0.2) is 0 Å². The second kappa shape index (κ2) is 11.3. The molecule has 0 N–H and O–H groups in total. The van der Waals surface area contributed by atoms with Gasteiger partial charge in [-0.25, -0.2) is 0 Å². The number of rotatable bonds is 12. The van der Waals surface area contributed by atoms with Crippen LogP contribution in [0, 0.1) is 0 Å². The molecule has 1 nitrogen and oxygen atoms in total. The van der Waals surface area contributed by atoms with Crippen molar-refractivity contribution in [3.63, 3.8) is 0 Å². The van der Waals surface area contributed by atoms with E-state index in [1.54, 1.807) is 0 Å². The predicted octanol–water partition coefficient (Wildman–Crippen LogP) is 5.65. The molecule has 0 saturated heterocycles. The average molecular weight is 305 g/mol. The van der Waals surface area contributed by atoms with Gasteiger partial charge in [0.2, 0.25) is 0 Å². The summed E-state index contributed by atoms with van der Waals surface area (Å²) in [5.74, 6) is 0. The first kappa shape index (κ1) is 17.2. The van der Waals surface area contributed by atoms with E-state index in [9.17, 15) is 4.79 Å². The molecular weight excluding hydrogens is 276 g/mol. The Morgan fingerprint density at radius 2 is 1.35 bits per heavy atom. The summed E-state index contributed by atoms with van der Waals surface area (Å²) >= 11 is 3.53. The third kappa shape index (κ3) is 9.82. The molecule has 0 aromatic heterocycles. The lowest BCUT2D eigenvalue weighted by atomic mass is 9.99. The number of aldehydes is 1. The van der Waals surface area contributed by atoms with E-state index in [2.05, 4.69) is 29.8 Å². The van der Waals surface area contributed by atoms with E-state index in [0.717, 1.165) is 19.1 Å². The SMILES string of the molecule is CCCCCCCCCCCC(Br)(C=O)CC. The van der Waals surface area contributed by atoms with Gasteiger partial charge in [0.1, 0.15) is 6.29 Å². The highest BCUT2D eigenvalue weighted by Gasteiger charge is 2.22. The second-order valence-corrected chi connectivity index (χ2v) is 6.66. The Hall–Kier alpha value is 0.150. The Morgan fingerprint density at radius 1 is 0.882 bits per heavy atom. The van der Waals surface area contributed by atoms with Gasteiger partial charge >= 0.3 is 0 Å². The number of carbonyl (C=O) groups is 1. The van der Waals surface area contributed by atoms with Gasteiger partial charge in [-0.1, -0.05) is 87.6 Å². The minimum Gasteiger partial charge on any atom is -0.302 e. The zero-order valence-corrected chi connectivity index (χ0v) is 13.2. The van der Waals surface area contributed by atoms with Gasteiger partial charge in [0.25, 0.3) is 0 Å². The Labute approximate surface area is 116 Å². The summed E-state index contributed by atoms with van der Waals surface area (Å²) in [5.41, 5.74) is 0. The van der Waals surface area contributed by atoms with Crippen LogP contribution in [0.4, 0.5) is 0 Å². The fourth-order valence-corrected chi connectivity index (χ4v) is 2.33. The summed E-state index contributed by atoms with van der Waals surface area (Å²) in [4.78, 5) is 10.9. The standard InChI is InChI=1S/C15H29BrO/c1-3-5-6-7-8-9-10-11-12-13-15(16,4-2)14-17/h14H,3-13H2,1-2H3. The van der Waals surface area contributed by atoms with E-state index >= 15 is 0 Å². The second-order valence-electron chi connectivity index (χ2n) is 5.08. The van der Waals surface area contributed by atoms with Gasteiger partial charge in [-0.15, -0.1) is 0 Å². The normalized spacial score (nSPS) is 14.5. The van der Waals surface area contributed by atoms with Crippen LogP contribution < -0.4 is 0 Å². The van der Waals surface area contributed by atoms with Crippen LogP contribution in [0.2, 0.25) is 0 Å². The summed E-state index contributed by atoms with van der Waals surface area (Å²) in [6.45, 7) is 4.32. The Balaban J connectivity index is 3.26.